The van der Waals surface area contributed by atoms with Gasteiger partial charge in [0.2, 0.25) is 5.96 Å². The van der Waals surface area contributed by atoms with E-state index in [4.69, 9.17) is 5.73 Å². The van der Waals surface area contributed by atoms with Gasteiger partial charge < -0.3 is 10.6 Å². The number of guanidine groups is 1. The molecule has 0 spiro atoms. The van der Waals surface area contributed by atoms with Gasteiger partial charge in [0.15, 0.2) is 0 Å². The average molecular weight is 222 g/mol. The Labute approximate surface area is 97.6 Å². The van der Waals surface area contributed by atoms with Gasteiger partial charge in [0.1, 0.15) is 0 Å². The molecule has 16 heavy (non-hydrogen) atoms. The molecule has 2 aliphatic rings. The molecule has 1 aliphatic carbocycles. The van der Waals surface area contributed by atoms with E-state index in [1.54, 1.807) is 0 Å². The molecular formula is C12H22N4. The number of aliphatic imine (C=N–C) groups is 2. The van der Waals surface area contributed by atoms with Crippen LogP contribution in [0.3, 0.4) is 0 Å². The summed E-state index contributed by atoms with van der Waals surface area (Å²) in [5.41, 5.74) is 5.57. The molecule has 2 fully saturated rings. The molecule has 1 aliphatic heterocycles. The van der Waals surface area contributed by atoms with Crippen LogP contribution in [-0.2, 0) is 0 Å². The van der Waals surface area contributed by atoms with Crippen LogP contribution in [0.15, 0.2) is 9.98 Å². The van der Waals surface area contributed by atoms with Crippen LogP contribution in [0, 0.1) is 0 Å². The second-order valence-electron chi connectivity index (χ2n) is 4.85. The maximum Gasteiger partial charge on any atom is 0.214 e. The number of hydrogen-bond acceptors (Lipinski definition) is 2. The molecule has 1 saturated carbocycles. The van der Waals surface area contributed by atoms with Gasteiger partial charge in [-0.15, -0.1) is 0 Å². The summed E-state index contributed by atoms with van der Waals surface area (Å²) in [5, 5.41) is 0. The Morgan fingerprint density at radius 2 is 1.75 bits per heavy atom. The van der Waals surface area contributed by atoms with Crippen molar-refractivity contribution in [3.05, 3.63) is 0 Å². The van der Waals surface area contributed by atoms with Crippen molar-refractivity contribution >= 4 is 12.7 Å². The molecule has 2 N–H and O–H groups in total. The minimum atomic E-state index is 0.352. The second-order valence-corrected chi connectivity index (χ2v) is 4.85. The summed E-state index contributed by atoms with van der Waals surface area (Å²) >= 11 is 0. The highest BCUT2D eigenvalue weighted by Crippen LogP contribution is 2.27. The van der Waals surface area contributed by atoms with E-state index in [-0.39, 0.29) is 0 Å². The van der Waals surface area contributed by atoms with Gasteiger partial charge in [-0.2, -0.15) is 0 Å². The molecule has 90 valence electrons. The fraction of sp³-hybridized carbons (Fsp3) is 0.833. The van der Waals surface area contributed by atoms with E-state index in [0.29, 0.717) is 12.0 Å². The summed E-state index contributed by atoms with van der Waals surface area (Å²) in [5.74, 6) is 0.352. The lowest BCUT2D eigenvalue weighted by molar-refractivity contribution is 0.183. The van der Waals surface area contributed by atoms with E-state index in [9.17, 15) is 0 Å². The van der Waals surface area contributed by atoms with Gasteiger partial charge in [-0.1, -0.05) is 0 Å². The first-order valence-corrected chi connectivity index (χ1v) is 6.33. The molecule has 0 aromatic rings. The van der Waals surface area contributed by atoms with Crippen molar-refractivity contribution in [1.29, 1.82) is 0 Å². The molecule has 0 amide bonds. The Balaban J connectivity index is 1.80. The highest BCUT2D eigenvalue weighted by atomic mass is 15.2. The van der Waals surface area contributed by atoms with Crippen LogP contribution in [0.1, 0.15) is 38.5 Å². The summed E-state index contributed by atoms with van der Waals surface area (Å²) < 4.78 is 0. The van der Waals surface area contributed by atoms with Gasteiger partial charge in [-0.25, -0.2) is 9.98 Å². The van der Waals surface area contributed by atoms with E-state index in [1.165, 1.54) is 38.8 Å². The quantitative estimate of drug-likeness (QED) is 0.567. The summed E-state index contributed by atoms with van der Waals surface area (Å²) in [6.45, 7) is 5.99. The fourth-order valence-corrected chi connectivity index (χ4v) is 2.89. The molecule has 2 rings (SSSR count). The highest BCUT2D eigenvalue weighted by molar-refractivity contribution is 5.82. The number of nitrogens with zero attached hydrogens (tertiary/aromatic N) is 3. The highest BCUT2D eigenvalue weighted by Gasteiger charge is 2.27. The Bertz CT molecular complexity index is 260. The fourth-order valence-electron chi connectivity index (χ4n) is 2.89. The van der Waals surface area contributed by atoms with Gasteiger partial charge >= 0.3 is 0 Å². The van der Waals surface area contributed by atoms with Crippen molar-refractivity contribution < 1.29 is 0 Å². The summed E-state index contributed by atoms with van der Waals surface area (Å²) in [6, 6.07) is 1.18. The molecular weight excluding hydrogens is 200 g/mol. The van der Waals surface area contributed by atoms with Crippen molar-refractivity contribution in [2.24, 2.45) is 15.7 Å². The van der Waals surface area contributed by atoms with E-state index < -0.39 is 0 Å². The molecule has 0 atom stereocenters. The summed E-state index contributed by atoms with van der Waals surface area (Å²) in [6.07, 6.45) is 7.59. The first-order chi connectivity index (χ1) is 7.79. The maximum atomic E-state index is 5.57. The van der Waals surface area contributed by atoms with Crippen LogP contribution in [0.25, 0.3) is 0 Å². The van der Waals surface area contributed by atoms with Crippen LogP contribution in [0.5, 0.6) is 0 Å². The lowest BCUT2D eigenvalue weighted by Crippen LogP contribution is -2.37. The predicted molar refractivity (Wildman–Crippen MR) is 68.0 cm³/mol. The third kappa shape index (κ3) is 2.82. The number of nitrogens with two attached hydrogens (primary N) is 1. The average Bonchev–Trinajstić information content (AvgIpc) is 2.83. The largest absolute Gasteiger partial charge is 0.368 e. The van der Waals surface area contributed by atoms with Crippen LogP contribution in [0.2, 0.25) is 0 Å². The molecule has 0 aromatic heterocycles. The van der Waals surface area contributed by atoms with Gasteiger partial charge in [0.25, 0.3) is 0 Å². The summed E-state index contributed by atoms with van der Waals surface area (Å²) in [4.78, 5) is 10.7. The van der Waals surface area contributed by atoms with Crippen LogP contribution in [0.4, 0.5) is 0 Å². The van der Waals surface area contributed by atoms with E-state index >= 15 is 0 Å². The zero-order chi connectivity index (χ0) is 11.4. The number of likely N-dealkylation sites (tertiary alicyclic amines) is 1. The topological polar surface area (TPSA) is 54.0 Å². The Hall–Kier alpha value is -0.900. The third-order valence-corrected chi connectivity index (χ3v) is 3.80. The Morgan fingerprint density at radius 1 is 1.12 bits per heavy atom. The second kappa shape index (κ2) is 5.43. The number of rotatable bonds is 2. The molecule has 1 saturated heterocycles. The smallest absolute Gasteiger partial charge is 0.214 e. The zero-order valence-electron chi connectivity index (χ0n) is 9.94. The van der Waals surface area contributed by atoms with Crippen molar-refractivity contribution in [2.45, 2.75) is 50.6 Å². The minimum Gasteiger partial charge on any atom is -0.368 e. The third-order valence-electron chi connectivity index (χ3n) is 3.80. The van der Waals surface area contributed by atoms with Gasteiger partial charge in [0.05, 0.1) is 6.04 Å². The maximum absolute atomic E-state index is 5.57. The molecule has 1 heterocycles. The van der Waals surface area contributed by atoms with Crippen LogP contribution in [-0.4, -0.2) is 42.8 Å². The molecule has 0 radical (unpaired) electrons. The summed E-state index contributed by atoms with van der Waals surface area (Å²) in [7, 11) is 0. The normalized spacial score (nSPS) is 32.9. The van der Waals surface area contributed by atoms with E-state index in [1.807, 2.05) is 0 Å². The molecule has 0 aromatic carbocycles. The molecule has 0 bridgehead atoms. The van der Waals surface area contributed by atoms with Crippen LogP contribution < -0.4 is 5.73 Å². The van der Waals surface area contributed by atoms with Crippen molar-refractivity contribution in [3.63, 3.8) is 0 Å². The van der Waals surface area contributed by atoms with E-state index in [0.717, 1.165) is 18.9 Å². The lowest BCUT2D eigenvalue weighted by atomic mass is 9.91. The SMILES string of the molecule is C=NC(N)=NC1CCC(N2CCCC2)CC1. The van der Waals surface area contributed by atoms with Gasteiger partial charge in [0, 0.05) is 6.04 Å². The monoisotopic (exact) mass is 222 g/mol. The van der Waals surface area contributed by atoms with Crippen molar-refractivity contribution in [3.8, 4) is 0 Å². The van der Waals surface area contributed by atoms with Crippen molar-refractivity contribution in [2.75, 3.05) is 13.1 Å². The number of hydrogen-bond donors (Lipinski definition) is 1. The molecule has 4 nitrogen and oxygen atoms in total. The first kappa shape index (κ1) is 11.6. The van der Waals surface area contributed by atoms with Gasteiger partial charge in [-0.05, 0) is 58.3 Å². The standard InChI is InChI=1S/C12H22N4/c1-14-12(13)15-10-4-6-11(7-5-10)16-8-2-3-9-16/h10-11H,1-9H2,(H2,13,15). The molecule has 0 unspecified atom stereocenters. The van der Waals surface area contributed by atoms with Crippen molar-refractivity contribution in [1.82, 2.24) is 4.90 Å². The Morgan fingerprint density at radius 3 is 2.31 bits per heavy atom. The van der Waals surface area contributed by atoms with Crippen LogP contribution >= 0.6 is 0 Å². The van der Waals surface area contributed by atoms with Gasteiger partial charge in [-0.3, -0.25) is 0 Å². The van der Waals surface area contributed by atoms with E-state index in [2.05, 4.69) is 21.6 Å². The lowest BCUT2D eigenvalue weighted by Gasteiger charge is -2.33. The predicted octanol–water partition coefficient (Wildman–Crippen LogP) is 1.41. The zero-order valence-corrected chi connectivity index (χ0v) is 9.94. The minimum absolute atomic E-state index is 0.352. The molecule has 4 heteroatoms. The first-order valence-electron chi connectivity index (χ1n) is 6.33. The Kier molecular flexibility index (Phi) is 3.93.